The molecule has 0 fully saturated rings. The summed E-state index contributed by atoms with van der Waals surface area (Å²) in [6, 6.07) is 19.4. The third-order valence-corrected chi connectivity index (χ3v) is 5.45. The first-order valence-electron chi connectivity index (χ1n) is 8.18. The smallest absolute Gasteiger partial charge is 0.297 e. The van der Waals surface area contributed by atoms with Crippen LogP contribution in [0.4, 0.5) is 0 Å². The average molecular weight is 372 g/mol. The van der Waals surface area contributed by atoms with Crippen molar-refractivity contribution in [3.63, 3.8) is 0 Å². The van der Waals surface area contributed by atoms with Gasteiger partial charge in [0.25, 0.3) is 10.1 Å². The third-order valence-electron chi connectivity index (χ3n) is 4.07. The third kappa shape index (κ3) is 4.22. The van der Waals surface area contributed by atoms with Crippen LogP contribution in [0.1, 0.15) is 5.56 Å². The highest BCUT2D eigenvalue weighted by Gasteiger charge is 2.21. The fraction of sp³-hybridized carbons (Fsp3) is 0.200. The Hall–Kier alpha value is -2.41. The first-order chi connectivity index (χ1) is 12.5. The standard InChI is InChI=1S/C20H20O5S/c1-24-18-10-9-16-11-15(7-8-17(16)13-18)12-19(14-21)25-26(22,23)20-5-3-2-4-6-20/h2-11,13,19,21H,12,14H2,1H3/t19-/m0/s1. The van der Waals surface area contributed by atoms with Crippen LogP contribution in [0.3, 0.4) is 0 Å². The Morgan fingerprint density at radius 3 is 2.35 bits per heavy atom. The topological polar surface area (TPSA) is 72.8 Å². The molecule has 0 amide bonds. The molecule has 5 nitrogen and oxygen atoms in total. The number of methoxy groups -OCH3 is 1. The van der Waals surface area contributed by atoms with Gasteiger partial charge >= 0.3 is 0 Å². The predicted molar refractivity (Wildman–Crippen MR) is 99.8 cm³/mol. The highest BCUT2D eigenvalue weighted by Crippen LogP contribution is 2.23. The molecule has 0 aliphatic rings. The number of rotatable bonds is 7. The van der Waals surface area contributed by atoms with E-state index in [9.17, 15) is 13.5 Å². The molecule has 3 aromatic carbocycles. The summed E-state index contributed by atoms with van der Waals surface area (Å²) in [5.41, 5.74) is 0.880. The highest BCUT2D eigenvalue weighted by molar-refractivity contribution is 7.86. The Morgan fingerprint density at radius 2 is 1.65 bits per heavy atom. The number of hydrogen-bond donors (Lipinski definition) is 1. The van der Waals surface area contributed by atoms with Gasteiger partial charge in [-0.05, 0) is 40.6 Å². The van der Waals surface area contributed by atoms with Crippen LogP contribution in [-0.2, 0) is 20.7 Å². The Kier molecular flexibility index (Phi) is 5.56. The van der Waals surface area contributed by atoms with Gasteiger partial charge in [-0.3, -0.25) is 4.18 Å². The van der Waals surface area contributed by atoms with Crippen molar-refractivity contribution >= 4 is 20.9 Å². The zero-order valence-electron chi connectivity index (χ0n) is 14.3. The molecule has 0 saturated carbocycles. The summed E-state index contributed by atoms with van der Waals surface area (Å²) in [5.74, 6) is 0.774. The van der Waals surface area contributed by atoms with Gasteiger partial charge in [0.2, 0.25) is 0 Å². The van der Waals surface area contributed by atoms with Gasteiger partial charge < -0.3 is 9.84 Å². The van der Waals surface area contributed by atoms with Gasteiger partial charge in [-0.15, -0.1) is 0 Å². The molecule has 0 aliphatic heterocycles. The van der Waals surface area contributed by atoms with E-state index in [1.807, 2.05) is 36.4 Å². The molecule has 3 aromatic rings. The number of aliphatic hydroxyl groups excluding tert-OH is 1. The molecule has 1 N–H and O–H groups in total. The summed E-state index contributed by atoms with van der Waals surface area (Å²) >= 11 is 0. The van der Waals surface area contributed by atoms with E-state index in [0.717, 1.165) is 22.1 Å². The van der Waals surface area contributed by atoms with Crippen LogP contribution < -0.4 is 4.74 Å². The molecule has 1 atom stereocenters. The van der Waals surface area contributed by atoms with Crippen LogP contribution in [0, 0.1) is 0 Å². The lowest BCUT2D eigenvalue weighted by Crippen LogP contribution is -2.24. The van der Waals surface area contributed by atoms with Gasteiger partial charge in [-0.1, -0.05) is 42.5 Å². The van der Waals surface area contributed by atoms with Gasteiger partial charge in [0.15, 0.2) is 0 Å². The lowest BCUT2D eigenvalue weighted by molar-refractivity contribution is 0.121. The van der Waals surface area contributed by atoms with E-state index in [4.69, 9.17) is 8.92 Å². The molecule has 0 spiro atoms. The van der Waals surface area contributed by atoms with Crippen LogP contribution in [0.25, 0.3) is 10.8 Å². The molecular weight excluding hydrogens is 352 g/mol. The van der Waals surface area contributed by atoms with Crippen LogP contribution in [0.2, 0.25) is 0 Å². The second-order valence-electron chi connectivity index (χ2n) is 5.92. The van der Waals surface area contributed by atoms with Gasteiger partial charge in [-0.2, -0.15) is 8.42 Å². The number of fused-ring (bicyclic) bond motifs is 1. The van der Waals surface area contributed by atoms with E-state index in [1.54, 1.807) is 25.3 Å². The molecule has 26 heavy (non-hydrogen) atoms. The molecule has 0 aromatic heterocycles. The molecule has 0 saturated heterocycles. The van der Waals surface area contributed by atoms with E-state index in [0.29, 0.717) is 0 Å². The normalized spacial score (nSPS) is 12.8. The lowest BCUT2D eigenvalue weighted by atomic mass is 10.0. The van der Waals surface area contributed by atoms with Crippen molar-refractivity contribution < 1.29 is 22.4 Å². The average Bonchev–Trinajstić information content (AvgIpc) is 2.67. The van der Waals surface area contributed by atoms with E-state index in [2.05, 4.69) is 0 Å². The number of ether oxygens (including phenoxy) is 1. The van der Waals surface area contributed by atoms with Gasteiger partial charge in [0.05, 0.1) is 18.6 Å². The first-order valence-corrected chi connectivity index (χ1v) is 9.58. The zero-order valence-corrected chi connectivity index (χ0v) is 15.1. The molecule has 0 unspecified atom stereocenters. The molecular formula is C20H20O5S. The lowest BCUT2D eigenvalue weighted by Gasteiger charge is -2.16. The largest absolute Gasteiger partial charge is 0.497 e. The second kappa shape index (κ2) is 7.86. The highest BCUT2D eigenvalue weighted by atomic mass is 32.2. The quantitative estimate of drug-likeness (QED) is 0.645. The van der Waals surface area contributed by atoms with Crippen molar-refractivity contribution in [1.82, 2.24) is 0 Å². The van der Waals surface area contributed by atoms with Crippen LogP contribution in [0.15, 0.2) is 71.6 Å². The van der Waals surface area contributed by atoms with Crippen molar-refractivity contribution in [2.24, 2.45) is 0 Å². The summed E-state index contributed by atoms with van der Waals surface area (Å²) in [6.45, 7) is -0.396. The van der Waals surface area contributed by atoms with Crippen molar-refractivity contribution in [3.05, 3.63) is 72.3 Å². The summed E-state index contributed by atoms with van der Waals surface area (Å²) < 4.78 is 35.1. The number of hydrogen-bond acceptors (Lipinski definition) is 5. The summed E-state index contributed by atoms with van der Waals surface area (Å²) in [4.78, 5) is 0.0732. The Morgan fingerprint density at radius 1 is 0.962 bits per heavy atom. The number of aliphatic hydroxyl groups is 1. The fourth-order valence-electron chi connectivity index (χ4n) is 2.74. The van der Waals surface area contributed by atoms with Gasteiger partial charge in [0.1, 0.15) is 11.9 Å². The maximum atomic E-state index is 12.3. The maximum absolute atomic E-state index is 12.3. The van der Waals surface area contributed by atoms with Crippen LogP contribution >= 0.6 is 0 Å². The Bertz CT molecular complexity index is 984. The van der Waals surface area contributed by atoms with E-state index < -0.39 is 22.8 Å². The van der Waals surface area contributed by atoms with E-state index in [-0.39, 0.29) is 11.3 Å². The van der Waals surface area contributed by atoms with Crippen molar-refractivity contribution in [2.45, 2.75) is 17.4 Å². The van der Waals surface area contributed by atoms with Crippen molar-refractivity contribution in [1.29, 1.82) is 0 Å². The molecule has 0 heterocycles. The van der Waals surface area contributed by atoms with Crippen molar-refractivity contribution in [3.8, 4) is 5.75 Å². The van der Waals surface area contributed by atoms with Crippen LogP contribution in [0.5, 0.6) is 5.75 Å². The summed E-state index contributed by atoms with van der Waals surface area (Å²) in [7, 11) is -2.30. The van der Waals surface area contributed by atoms with Crippen molar-refractivity contribution in [2.75, 3.05) is 13.7 Å². The summed E-state index contributed by atoms with van der Waals surface area (Å²) in [5, 5.41) is 11.6. The minimum Gasteiger partial charge on any atom is -0.497 e. The minimum absolute atomic E-state index is 0.0732. The Balaban J connectivity index is 1.78. The maximum Gasteiger partial charge on any atom is 0.297 e. The van der Waals surface area contributed by atoms with E-state index >= 15 is 0 Å². The SMILES string of the molecule is COc1ccc2cc(C[C@@H](CO)OS(=O)(=O)c3ccccc3)ccc2c1. The molecule has 136 valence electrons. The van der Waals surface area contributed by atoms with Crippen LogP contribution in [-0.4, -0.2) is 33.3 Å². The first kappa shape index (κ1) is 18.4. The molecule has 0 radical (unpaired) electrons. The minimum atomic E-state index is -3.92. The number of benzene rings is 3. The molecule has 6 heteroatoms. The molecule has 0 aliphatic carbocycles. The van der Waals surface area contributed by atoms with Gasteiger partial charge in [0, 0.05) is 6.42 Å². The predicted octanol–water partition coefficient (Wildman–Crippen LogP) is 3.16. The Labute approximate surface area is 152 Å². The van der Waals surface area contributed by atoms with Gasteiger partial charge in [-0.25, -0.2) is 0 Å². The summed E-state index contributed by atoms with van der Waals surface area (Å²) in [6.07, 6.45) is -0.569. The fourth-order valence-corrected chi connectivity index (χ4v) is 3.83. The monoisotopic (exact) mass is 372 g/mol. The molecule has 3 rings (SSSR count). The zero-order chi connectivity index (χ0) is 18.6. The molecule has 0 bridgehead atoms. The second-order valence-corrected chi connectivity index (χ2v) is 7.49. The van der Waals surface area contributed by atoms with E-state index in [1.165, 1.54) is 12.1 Å².